The van der Waals surface area contributed by atoms with Gasteiger partial charge in [0.25, 0.3) is 0 Å². The molecule has 0 aromatic heterocycles. The molecular formula is C14H30P2. The third kappa shape index (κ3) is 6.36. The van der Waals surface area contributed by atoms with Crippen LogP contribution in [0.4, 0.5) is 0 Å². The molecule has 2 heteroatoms. The van der Waals surface area contributed by atoms with Gasteiger partial charge >= 0.3 is 0 Å². The van der Waals surface area contributed by atoms with Crippen LogP contribution >= 0.6 is 15.8 Å². The topological polar surface area (TPSA) is 0 Å². The van der Waals surface area contributed by atoms with E-state index >= 15 is 0 Å². The molecule has 0 aliphatic rings. The molecule has 0 saturated heterocycles. The molecule has 0 amide bonds. The molecule has 0 N–H and O–H groups in total. The molecule has 0 nitrogen and oxygen atoms in total. The van der Waals surface area contributed by atoms with E-state index in [1.54, 1.807) is 5.06 Å². The molecule has 0 aliphatic carbocycles. The Morgan fingerprint density at radius 1 is 0.688 bits per heavy atom. The summed E-state index contributed by atoms with van der Waals surface area (Å²) in [6, 6.07) is 0. The Kier molecular flexibility index (Phi) is 11.1. The lowest BCUT2D eigenvalue weighted by atomic mass is 10.6. The van der Waals surface area contributed by atoms with Gasteiger partial charge in [-0.15, -0.1) is 0 Å². The fourth-order valence-electron chi connectivity index (χ4n) is 2.02. The van der Waals surface area contributed by atoms with Gasteiger partial charge in [0, 0.05) is 0 Å². The van der Waals surface area contributed by atoms with E-state index in [0.29, 0.717) is 0 Å². The minimum absolute atomic E-state index is 0.150. The first-order valence-corrected chi connectivity index (χ1v) is 10.3. The zero-order valence-corrected chi connectivity index (χ0v) is 13.5. The van der Waals surface area contributed by atoms with Gasteiger partial charge in [0.2, 0.25) is 0 Å². The van der Waals surface area contributed by atoms with E-state index in [1.807, 2.05) is 0 Å². The normalized spacial score (nSPS) is 11.4. The third-order valence-electron chi connectivity index (χ3n) is 2.70. The van der Waals surface area contributed by atoms with Crippen LogP contribution in [0.2, 0.25) is 0 Å². The summed E-state index contributed by atoms with van der Waals surface area (Å²) < 4.78 is 0. The van der Waals surface area contributed by atoms with Crippen molar-refractivity contribution >= 4 is 15.8 Å². The lowest BCUT2D eigenvalue weighted by molar-refractivity contribution is 1.05. The molecule has 0 unspecified atom stereocenters. The molecule has 0 radical (unpaired) electrons. The van der Waals surface area contributed by atoms with Crippen LogP contribution in [0.15, 0.2) is 11.6 Å². The van der Waals surface area contributed by atoms with E-state index in [2.05, 4.69) is 34.3 Å². The average Bonchev–Trinajstić information content (AvgIpc) is 2.27. The predicted molar refractivity (Wildman–Crippen MR) is 83.6 cm³/mol. The van der Waals surface area contributed by atoms with Gasteiger partial charge in [-0.25, -0.2) is 0 Å². The summed E-state index contributed by atoms with van der Waals surface area (Å²) >= 11 is 0. The SMILES string of the molecule is C=C(P(CCC)CCC)P(CCC)CCC. The van der Waals surface area contributed by atoms with E-state index in [9.17, 15) is 0 Å². The van der Waals surface area contributed by atoms with Crippen molar-refractivity contribution < 1.29 is 0 Å². The molecule has 0 bridgehead atoms. The fraction of sp³-hybridized carbons (Fsp3) is 0.857. The first kappa shape index (κ1) is 16.6. The van der Waals surface area contributed by atoms with Crippen molar-refractivity contribution in [2.45, 2.75) is 53.4 Å². The standard InChI is InChI=1S/C14H30P2/c1-6-10-15(11-7-2)14(5)16(12-8-3)13-9-4/h5-13H2,1-4H3. The lowest BCUT2D eigenvalue weighted by Gasteiger charge is -2.27. The Morgan fingerprint density at radius 3 is 1.12 bits per heavy atom. The summed E-state index contributed by atoms with van der Waals surface area (Å²) in [6.07, 6.45) is 11.1. The van der Waals surface area contributed by atoms with Crippen LogP contribution in [0.25, 0.3) is 0 Å². The van der Waals surface area contributed by atoms with Crippen LogP contribution in [0, 0.1) is 0 Å². The maximum absolute atomic E-state index is 4.49. The number of hydrogen-bond donors (Lipinski definition) is 0. The molecule has 0 aromatic rings. The van der Waals surface area contributed by atoms with Crippen molar-refractivity contribution in [1.82, 2.24) is 0 Å². The second-order valence-electron chi connectivity index (χ2n) is 4.39. The highest BCUT2D eigenvalue weighted by Gasteiger charge is 2.17. The van der Waals surface area contributed by atoms with Gasteiger partial charge < -0.3 is 0 Å². The molecule has 0 spiro atoms. The Hall–Kier alpha value is 0.600. The molecule has 0 saturated carbocycles. The van der Waals surface area contributed by atoms with E-state index in [4.69, 9.17) is 0 Å². The van der Waals surface area contributed by atoms with E-state index in [-0.39, 0.29) is 15.8 Å². The Morgan fingerprint density at radius 2 is 0.938 bits per heavy atom. The van der Waals surface area contributed by atoms with Gasteiger partial charge in [-0.2, -0.15) is 0 Å². The quantitative estimate of drug-likeness (QED) is 0.419. The monoisotopic (exact) mass is 260 g/mol. The average molecular weight is 260 g/mol. The Labute approximate surface area is 106 Å². The summed E-state index contributed by atoms with van der Waals surface area (Å²) in [5.74, 6) is 0. The Balaban J connectivity index is 4.38. The minimum atomic E-state index is 0.150. The van der Waals surface area contributed by atoms with Crippen molar-refractivity contribution in [3.05, 3.63) is 11.6 Å². The zero-order chi connectivity index (χ0) is 12.4. The van der Waals surface area contributed by atoms with Gasteiger partial charge in [-0.05, 0) is 29.7 Å². The van der Waals surface area contributed by atoms with Crippen molar-refractivity contribution in [2.75, 3.05) is 24.6 Å². The lowest BCUT2D eigenvalue weighted by Crippen LogP contribution is -1.96. The predicted octanol–water partition coefficient (Wildman–Crippen LogP) is 6.06. The van der Waals surface area contributed by atoms with Crippen molar-refractivity contribution in [3.63, 3.8) is 0 Å². The van der Waals surface area contributed by atoms with Crippen LogP contribution in [0.1, 0.15) is 53.4 Å². The van der Waals surface area contributed by atoms with Crippen LogP contribution in [0.3, 0.4) is 0 Å². The van der Waals surface area contributed by atoms with E-state index < -0.39 is 0 Å². The van der Waals surface area contributed by atoms with Gasteiger partial charge in [-0.3, -0.25) is 0 Å². The van der Waals surface area contributed by atoms with Gasteiger partial charge in [-0.1, -0.05) is 75.8 Å². The van der Waals surface area contributed by atoms with Crippen LogP contribution in [-0.2, 0) is 0 Å². The van der Waals surface area contributed by atoms with Crippen LogP contribution in [0.5, 0.6) is 0 Å². The van der Waals surface area contributed by atoms with Gasteiger partial charge in [0.1, 0.15) is 0 Å². The molecule has 16 heavy (non-hydrogen) atoms. The molecule has 96 valence electrons. The first-order chi connectivity index (χ1) is 7.71. The summed E-state index contributed by atoms with van der Waals surface area (Å²) in [6.45, 7) is 13.8. The van der Waals surface area contributed by atoms with E-state index in [0.717, 1.165) is 0 Å². The fourth-order valence-corrected chi connectivity index (χ4v) is 8.46. The van der Waals surface area contributed by atoms with Crippen LogP contribution in [-0.4, -0.2) is 24.6 Å². The number of hydrogen-bond acceptors (Lipinski definition) is 0. The summed E-state index contributed by atoms with van der Waals surface area (Å²) in [7, 11) is 0.300. The molecule has 0 rings (SSSR count). The molecule has 0 aromatic carbocycles. The second kappa shape index (κ2) is 10.7. The molecule has 0 fully saturated rings. The molecule has 0 atom stereocenters. The molecule has 0 aliphatic heterocycles. The highest BCUT2D eigenvalue weighted by atomic mass is 31.2. The maximum Gasteiger partial charge on any atom is -0.0288 e. The van der Waals surface area contributed by atoms with Crippen LogP contribution < -0.4 is 0 Å². The molecular weight excluding hydrogens is 230 g/mol. The first-order valence-electron chi connectivity index (χ1n) is 6.89. The minimum Gasteiger partial charge on any atom is -0.0909 e. The van der Waals surface area contributed by atoms with Crippen molar-refractivity contribution in [1.29, 1.82) is 0 Å². The Bertz CT molecular complexity index is 148. The van der Waals surface area contributed by atoms with Crippen molar-refractivity contribution in [3.8, 4) is 0 Å². The second-order valence-corrected chi connectivity index (χ2v) is 9.77. The van der Waals surface area contributed by atoms with Crippen molar-refractivity contribution in [2.24, 2.45) is 0 Å². The summed E-state index contributed by atoms with van der Waals surface area (Å²) in [5.41, 5.74) is 0. The van der Waals surface area contributed by atoms with E-state index in [1.165, 1.54) is 50.3 Å². The maximum atomic E-state index is 4.49. The van der Waals surface area contributed by atoms with Gasteiger partial charge in [0.15, 0.2) is 0 Å². The summed E-state index contributed by atoms with van der Waals surface area (Å²) in [4.78, 5) is 0. The van der Waals surface area contributed by atoms with Gasteiger partial charge in [0.05, 0.1) is 0 Å². The third-order valence-corrected chi connectivity index (χ3v) is 9.81. The largest absolute Gasteiger partial charge is 0.0909 e. The zero-order valence-electron chi connectivity index (χ0n) is 11.8. The highest BCUT2D eigenvalue weighted by molar-refractivity contribution is 7.81. The molecule has 0 heterocycles. The highest BCUT2D eigenvalue weighted by Crippen LogP contribution is 2.62. The summed E-state index contributed by atoms with van der Waals surface area (Å²) in [5, 5.41) is 1.69. The smallest absolute Gasteiger partial charge is 0.0288 e. The number of rotatable bonds is 10.